The highest BCUT2D eigenvalue weighted by Crippen LogP contribution is 2.45. The number of esters is 3. The smallest absolute Gasteiger partial charge is 0.463 e. The van der Waals surface area contributed by atoms with E-state index in [0.717, 1.165) is 167 Å². The molecule has 0 aromatic heterocycles. The minimum absolute atomic E-state index is 0.0853. The molecule has 0 aromatic carbocycles. The summed E-state index contributed by atoms with van der Waals surface area (Å²) in [5, 5.41) is 20.7. The van der Waals surface area contributed by atoms with Crippen LogP contribution in [0.25, 0.3) is 0 Å². The maximum absolute atomic E-state index is 13.0. The zero-order chi connectivity index (χ0) is 79.4. The van der Waals surface area contributed by atoms with Gasteiger partial charge >= 0.3 is 33.6 Å². The predicted octanol–water partition coefficient (Wildman–Crippen LogP) is 26.0. The van der Waals surface area contributed by atoms with Crippen molar-refractivity contribution in [2.45, 2.75) is 373 Å². The maximum atomic E-state index is 13.0. The second-order valence-corrected chi connectivity index (χ2v) is 31.5. The van der Waals surface area contributed by atoms with Crippen molar-refractivity contribution >= 4 is 33.6 Å². The Bertz CT molecular complexity index is 2560. The lowest BCUT2D eigenvalue weighted by Crippen LogP contribution is -2.30. The van der Waals surface area contributed by atoms with Gasteiger partial charge < -0.3 is 34.2 Å². The van der Waals surface area contributed by atoms with Gasteiger partial charge in [0.25, 0.3) is 0 Å². The van der Waals surface area contributed by atoms with Crippen LogP contribution in [0.15, 0.2) is 146 Å². The molecule has 4 N–H and O–H groups in total. The number of allylic oxidation sites excluding steroid dienone is 24. The lowest BCUT2D eigenvalue weighted by molar-refractivity contribution is -0.161. The molecule has 0 aromatic rings. The Morgan fingerprint density at radius 3 is 0.771 bits per heavy atom. The van der Waals surface area contributed by atoms with E-state index in [9.17, 15) is 43.5 Å². The zero-order valence-electron chi connectivity index (χ0n) is 68.7. The molecule has 0 saturated carbocycles. The molecule has 0 aliphatic rings. The molecule has 0 aliphatic heterocycles. The van der Waals surface area contributed by atoms with Crippen molar-refractivity contribution in [3.63, 3.8) is 0 Å². The number of hydrogen-bond acceptors (Lipinski definition) is 14. The Hall–Kier alpha value is -4.57. The lowest BCUT2D eigenvalue weighted by Gasteiger charge is -2.21. The summed E-state index contributed by atoms with van der Waals surface area (Å²) in [6.45, 7) is 2.52. The second kappa shape index (κ2) is 82.9. The Labute approximate surface area is 664 Å². The summed E-state index contributed by atoms with van der Waals surface area (Å²) in [5.74, 6) is -1.59. The lowest BCUT2D eigenvalue weighted by atomic mass is 10.0. The zero-order valence-corrected chi connectivity index (χ0v) is 70.5. The molecular weight excluding hydrogens is 1410 g/mol. The predicted molar refractivity (Wildman–Crippen MR) is 454 cm³/mol. The highest BCUT2D eigenvalue weighted by molar-refractivity contribution is 7.47. The second-order valence-electron chi connectivity index (χ2n) is 28.6. The van der Waals surface area contributed by atoms with E-state index < -0.39 is 91.5 Å². The number of unbranched alkanes of at least 4 members (excludes halogenated alkanes) is 34. The van der Waals surface area contributed by atoms with Crippen molar-refractivity contribution in [3.8, 4) is 0 Å². The highest BCUT2D eigenvalue weighted by Gasteiger charge is 2.29. The molecule has 16 nitrogen and oxygen atoms in total. The molecular formula is C91H156O16P2. The van der Waals surface area contributed by atoms with Crippen molar-refractivity contribution in [2.24, 2.45) is 0 Å². The fourth-order valence-electron chi connectivity index (χ4n) is 11.5. The van der Waals surface area contributed by atoms with Crippen molar-refractivity contribution in [2.75, 3.05) is 39.6 Å². The van der Waals surface area contributed by atoms with E-state index in [1.54, 1.807) is 0 Å². The first-order chi connectivity index (χ1) is 53.2. The monoisotopic (exact) mass is 1570 g/mol. The average Bonchev–Trinajstić information content (AvgIpc) is 0.906. The third-order valence-electron chi connectivity index (χ3n) is 18.0. The van der Waals surface area contributed by atoms with E-state index in [1.165, 1.54) is 128 Å². The molecule has 626 valence electrons. The van der Waals surface area contributed by atoms with Crippen molar-refractivity contribution in [3.05, 3.63) is 146 Å². The third-order valence-corrected chi connectivity index (χ3v) is 19.9. The summed E-state index contributed by atoms with van der Waals surface area (Å²) in [7, 11) is -9.81. The van der Waals surface area contributed by atoms with Crippen molar-refractivity contribution in [1.29, 1.82) is 0 Å². The van der Waals surface area contributed by atoms with Crippen LogP contribution >= 0.6 is 15.6 Å². The van der Waals surface area contributed by atoms with Gasteiger partial charge in [0.1, 0.15) is 25.4 Å². The first kappa shape index (κ1) is 104. The SMILES string of the molecule is CC/C=C\C/C=C\C/C=C\C/C=C\C/C=C\CCCCCCCCCCCC(=O)OCC(COP(=O)(O)OCC(O)COP(=O)(O)OCC(O)COC(=O)CCCCCCCCCCCCCCC/C=C\C/C=C\C/C=C\C/C=C\CCCCC)OC(=O)CCCCCCCC/C=C\C/C=C\C/C=C\CCCCC. The van der Waals surface area contributed by atoms with Gasteiger partial charge in [-0.05, 0) is 148 Å². The van der Waals surface area contributed by atoms with Gasteiger partial charge in [0.15, 0.2) is 6.10 Å². The summed E-state index contributed by atoms with van der Waals surface area (Å²) in [4.78, 5) is 58.9. The van der Waals surface area contributed by atoms with Gasteiger partial charge in [-0.2, -0.15) is 0 Å². The summed E-state index contributed by atoms with van der Waals surface area (Å²) < 4.78 is 61.3. The van der Waals surface area contributed by atoms with E-state index >= 15 is 0 Å². The Morgan fingerprint density at radius 2 is 0.486 bits per heavy atom. The molecule has 0 saturated heterocycles. The number of ether oxygens (including phenoxy) is 3. The molecule has 18 heteroatoms. The molecule has 0 rings (SSSR count). The third kappa shape index (κ3) is 84.2. The standard InChI is InChI=1S/C91H156O16P2/c1-4-7-10-13-16-19-22-25-28-31-34-36-38-40-41-42-43-45-47-48-51-53-56-59-62-65-68-71-74-77-89(94)101-80-86(92)81-103-108(97,98)104-82-87(93)83-105-109(99,100)106-85-88(107-91(96)79-76-73-70-67-64-61-58-55-50-33-30-27-24-21-18-15-12-9-6-3)84-102-90(95)78-75-72-69-66-63-60-57-54-52-49-46-44-39-37-35-32-29-26-23-20-17-14-11-8-5-2/h8,11,16-21,25-30,34-37,40-41,44,46,50,55,86-88,92-93H,4-7,9-10,12-15,22-24,31-33,38-39,42-43,45,47-49,51-54,56-85H2,1-3H3,(H,97,98)(H,99,100)/b11-8-,19-16-,20-17-,21-18-,28-25-,29-26-,30-27-,36-34-,37-35-,41-40-,46-44-,55-50-. The number of hydrogen-bond donors (Lipinski definition) is 4. The van der Waals surface area contributed by atoms with E-state index in [4.69, 9.17) is 32.3 Å². The van der Waals surface area contributed by atoms with Crippen LogP contribution in [-0.4, -0.2) is 95.9 Å². The van der Waals surface area contributed by atoms with Crippen LogP contribution in [0.3, 0.4) is 0 Å². The fraction of sp³-hybridized carbons (Fsp3) is 0.703. The van der Waals surface area contributed by atoms with Crippen molar-refractivity contribution in [1.82, 2.24) is 0 Å². The number of aliphatic hydroxyl groups is 2. The molecule has 0 radical (unpaired) electrons. The molecule has 0 aliphatic carbocycles. The first-order valence-electron chi connectivity index (χ1n) is 43.1. The summed E-state index contributed by atoms with van der Waals surface area (Å²) in [6.07, 6.45) is 103. The summed E-state index contributed by atoms with van der Waals surface area (Å²) >= 11 is 0. The van der Waals surface area contributed by atoms with Crippen LogP contribution in [0.4, 0.5) is 0 Å². The van der Waals surface area contributed by atoms with Crippen LogP contribution in [0.1, 0.15) is 355 Å². The number of phosphoric ester groups is 2. The van der Waals surface area contributed by atoms with Crippen LogP contribution in [0, 0.1) is 0 Å². The van der Waals surface area contributed by atoms with E-state index in [0.29, 0.717) is 19.3 Å². The van der Waals surface area contributed by atoms with Gasteiger partial charge in [0.2, 0.25) is 0 Å². The van der Waals surface area contributed by atoms with Gasteiger partial charge in [-0.25, -0.2) is 9.13 Å². The number of carbonyl (C=O) groups is 3. The normalized spacial score (nSPS) is 14.6. The van der Waals surface area contributed by atoms with Gasteiger partial charge in [-0.15, -0.1) is 0 Å². The van der Waals surface area contributed by atoms with Gasteiger partial charge in [0.05, 0.1) is 26.4 Å². The Kier molecular flexibility index (Phi) is 79.4. The van der Waals surface area contributed by atoms with Gasteiger partial charge in [0, 0.05) is 19.3 Å². The maximum Gasteiger partial charge on any atom is 0.472 e. The van der Waals surface area contributed by atoms with Gasteiger partial charge in [-0.3, -0.25) is 32.5 Å². The molecule has 109 heavy (non-hydrogen) atoms. The molecule has 0 heterocycles. The number of aliphatic hydroxyl groups excluding tert-OH is 2. The molecule has 5 unspecified atom stereocenters. The van der Waals surface area contributed by atoms with Crippen LogP contribution < -0.4 is 0 Å². The van der Waals surface area contributed by atoms with Gasteiger partial charge in [-0.1, -0.05) is 334 Å². The van der Waals surface area contributed by atoms with Crippen LogP contribution in [0.2, 0.25) is 0 Å². The minimum Gasteiger partial charge on any atom is -0.463 e. The van der Waals surface area contributed by atoms with Crippen LogP contribution in [-0.2, 0) is 55.8 Å². The van der Waals surface area contributed by atoms with E-state index in [-0.39, 0.29) is 19.3 Å². The molecule has 0 spiro atoms. The Balaban J connectivity index is 4.61. The topological polar surface area (TPSA) is 231 Å². The van der Waals surface area contributed by atoms with E-state index in [2.05, 4.69) is 167 Å². The fourth-order valence-corrected chi connectivity index (χ4v) is 13.1. The Morgan fingerprint density at radius 1 is 0.266 bits per heavy atom. The van der Waals surface area contributed by atoms with Crippen molar-refractivity contribution < 1.29 is 75.8 Å². The van der Waals surface area contributed by atoms with Crippen LogP contribution in [0.5, 0.6) is 0 Å². The summed E-state index contributed by atoms with van der Waals surface area (Å²) in [6, 6.07) is 0. The quantitative estimate of drug-likeness (QED) is 0.0146. The van der Waals surface area contributed by atoms with E-state index in [1.807, 2.05) is 0 Å². The molecule has 0 amide bonds. The summed E-state index contributed by atoms with van der Waals surface area (Å²) in [5.41, 5.74) is 0. The molecule has 0 fully saturated rings. The number of rotatable bonds is 81. The molecule has 5 atom stereocenters. The molecule has 0 bridgehead atoms. The highest BCUT2D eigenvalue weighted by atomic mass is 31.2. The number of carbonyl (C=O) groups excluding carboxylic acids is 3. The number of phosphoric acid groups is 2. The average molecular weight is 1570 g/mol. The largest absolute Gasteiger partial charge is 0.472 e. The first-order valence-corrected chi connectivity index (χ1v) is 46.1. The minimum atomic E-state index is -4.94.